The van der Waals surface area contributed by atoms with Gasteiger partial charge in [-0.3, -0.25) is 4.79 Å². The standard InChI is InChI=1S/C22H19ClN2OS2/c1-15-9-11-16(12-10-15)24-22(27)25-17-5-4-6-18(13-17)28-14-21(26)19-7-2-3-8-20(19)23/h2-13H,14H2,1H3,(H2,24,25,27). The summed E-state index contributed by atoms with van der Waals surface area (Å²) >= 11 is 12.9. The maximum absolute atomic E-state index is 12.4. The SMILES string of the molecule is Cc1ccc(NC(=S)Nc2cccc(SCC(=O)c3ccccc3Cl)c2)cc1. The number of ketones is 1. The van der Waals surface area contributed by atoms with Crippen molar-refractivity contribution >= 4 is 57.9 Å². The van der Waals surface area contributed by atoms with Crippen LogP contribution in [0.3, 0.4) is 0 Å². The molecule has 3 rings (SSSR count). The third kappa shape index (κ3) is 5.83. The molecule has 0 radical (unpaired) electrons. The second-order valence-electron chi connectivity index (χ2n) is 6.16. The molecule has 0 saturated heterocycles. The van der Waals surface area contributed by atoms with E-state index in [2.05, 4.69) is 10.6 Å². The number of hydrogen-bond acceptors (Lipinski definition) is 3. The molecular weight excluding hydrogens is 408 g/mol. The molecule has 0 heterocycles. The van der Waals surface area contributed by atoms with Crippen molar-refractivity contribution in [3.8, 4) is 0 Å². The first kappa shape index (κ1) is 20.4. The van der Waals surface area contributed by atoms with E-state index in [4.69, 9.17) is 23.8 Å². The first-order valence-corrected chi connectivity index (χ1v) is 10.4. The molecule has 3 aromatic rings. The minimum Gasteiger partial charge on any atom is -0.332 e. The van der Waals surface area contributed by atoms with Crippen LogP contribution in [0.4, 0.5) is 11.4 Å². The smallest absolute Gasteiger partial charge is 0.175 e. The summed E-state index contributed by atoms with van der Waals surface area (Å²) in [5.74, 6) is 0.324. The zero-order valence-corrected chi connectivity index (χ0v) is 17.6. The van der Waals surface area contributed by atoms with Crippen LogP contribution in [0, 0.1) is 6.92 Å². The maximum Gasteiger partial charge on any atom is 0.175 e. The highest BCUT2D eigenvalue weighted by Gasteiger charge is 2.10. The van der Waals surface area contributed by atoms with Crippen molar-refractivity contribution in [2.75, 3.05) is 16.4 Å². The molecular formula is C22H19ClN2OS2. The van der Waals surface area contributed by atoms with E-state index < -0.39 is 0 Å². The summed E-state index contributed by atoms with van der Waals surface area (Å²) in [5.41, 5.74) is 3.54. The van der Waals surface area contributed by atoms with Crippen LogP contribution in [0.1, 0.15) is 15.9 Å². The van der Waals surface area contributed by atoms with Gasteiger partial charge in [0.05, 0.1) is 10.8 Å². The minimum atomic E-state index is 0.00511. The zero-order chi connectivity index (χ0) is 19.9. The van der Waals surface area contributed by atoms with Gasteiger partial charge in [0, 0.05) is 21.8 Å². The number of benzene rings is 3. The maximum atomic E-state index is 12.4. The normalized spacial score (nSPS) is 10.4. The Kier molecular flexibility index (Phi) is 7.09. The lowest BCUT2D eigenvalue weighted by atomic mass is 10.1. The zero-order valence-electron chi connectivity index (χ0n) is 15.2. The number of carbonyl (C=O) groups is 1. The third-order valence-corrected chi connectivity index (χ3v) is 5.47. The van der Waals surface area contributed by atoms with E-state index in [1.165, 1.54) is 17.3 Å². The van der Waals surface area contributed by atoms with Gasteiger partial charge in [0.2, 0.25) is 0 Å². The Morgan fingerprint density at radius 2 is 1.68 bits per heavy atom. The second kappa shape index (κ2) is 9.73. The van der Waals surface area contributed by atoms with E-state index in [-0.39, 0.29) is 5.78 Å². The number of carbonyl (C=O) groups excluding carboxylic acids is 1. The highest BCUT2D eigenvalue weighted by atomic mass is 35.5. The minimum absolute atomic E-state index is 0.00511. The van der Waals surface area contributed by atoms with E-state index in [1.807, 2.05) is 67.6 Å². The predicted octanol–water partition coefficient (Wildman–Crippen LogP) is 6.43. The van der Waals surface area contributed by atoms with Gasteiger partial charge in [0.1, 0.15) is 0 Å². The van der Waals surface area contributed by atoms with Crippen LogP contribution in [-0.2, 0) is 0 Å². The fraction of sp³-hybridized carbons (Fsp3) is 0.0909. The van der Waals surface area contributed by atoms with Gasteiger partial charge < -0.3 is 10.6 Å². The Morgan fingerprint density at radius 3 is 2.43 bits per heavy atom. The van der Waals surface area contributed by atoms with Crippen molar-refractivity contribution in [2.45, 2.75) is 11.8 Å². The van der Waals surface area contributed by atoms with Crippen LogP contribution in [0.2, 0.25) is 5.02 Å². The lowest BCUT2D eigenvalue weighted by Gasteiger charge is -2.12. The van der Waals surface area contributed by atoms with Crippen LogP contribution in [0.15, 0.2) is 77.7 Å². The molecule has 0 bridgehead atoms. The summed E-state index contributed by atoms with van der Waals surface area (Å²) < 4.78 is 0. The Bertz CT molecular complexity index is 990. The highest BCUT2D eigenvalue weighted by Crippen LogP contribution is 2.24. The number of thioether (sulfide) groups is 1. The van der Waals surface area contributed by atoms with Crippen molar-refractivity contribution < 1.29 is 4.79 Å². The number of halogens is 1. The first-order chi connectivity index (χ1) is 13.5. The third-order valence-electron chi connectivity index (χ3n) is 3.95. The van der Waals surface area contributed by atoms with Gasteiger partial charge in [-0.1, -0.05) is 47.5 Å². The summed E-state index contributed by atoms with van der Waals surface area (Å²) in [5, 5.41) is 7.33. The fourth-order valence-electron chi connectivity index (χ4n) is 2.51. The van der Waals surface area contributed by atoms with E-state index in [0.717, 1.165) is 16.3 Å². The average Bonchev–Trinajstić information content (AvgIpc) is 2.68. The van der Waals surface area contributed by atoms with Gasteiger partial charge in [-0.05, 0) is 61.6 Å². The summed E-state index contributed by atoms with van der Waals surface area (Å²) in [7, 11) is 0. The molecule has 0 fully saturated rings. The molecule has 0 aliphatic rings. The number of aryl methyl sites for hydroxylation is 1. The van der Waals surface area contributed by atoms with E-state index in [0.29, 0.717) is 21.5 Å². The molecule has 0 aromatic heterocycles. The number of Topliss-reactive ketones (excluding diaryl/α,β-unsaturated/α-hetero) is 1. The highest BCUT2D eigenvalue weighted by molar-refractivity contribution is 8.00. The van der Waals surface area contributed by atoms with Gasteiger partial charge in [0.15, 0.2) is 10.9 Å². The number of nitrogens with one attached hydrogen (secondary N) is 2. The van der Waals surface area contributed by atoms with Crippen LogP contribution < -0.4 is 10.6 Å². The monoisotopic (exact) mass is 426 g/mol. The predicted molar refractivity (Wildman–Crippen MR) is 124 cm³/mol. The number of rotatable bonds is 6. The molecule has 0 unspecified atom stereocenters. The quantitative estimate of drug-likeness (QED) is 0.270. The molecule has 0 aliphatic heterocycles. The van der Waals surface area contributed by atoms with Crippen molar-refractivity contribution in [3.63, 3.8) is 0 Å². The first-order valence-electron chi connectivity index (χ1n) is 8.66. The molecule has 3 nitrogen and oxygen atoms in total. The molecule has 0 atom stereocenters. The molecule has 3 aromatic carbocycles. The summed E-state index contributed by atoms with van der Waals surface area (Å²) in [4.78, 5) is 13.4. The average molecular weight is 427 g/mol. The van der Waals surface area contributed by atoms with Crippen LogP contribution in [0.5, 0.6) is 0 Å². The molecule has 6 heteroatoms. The number of hydrogen-bond donors (Lipinski definition) is 2. The lowest BCUT2D eigenvalue weighted by molar-refractivity contribution is 0.102. The Morgan fingerprint density at radius 1 is 0.964 bits per heavy atom. The molecule has 0 saturated carbocycles. The molecule has 28 heavy (non-hydrogen) atoms. The topological polar surface area (TPSA) is 41.1 Å². The Labute approximate surface area is 179 Å². The molecule has 0 spiro atoms. The molecule has 0 amide bonds. The van der Waals surface area contributed by atoms with Crippen molar-refractivity contribution in [3.05, 3.63) is 88.9 Å². The van der Waals surface area contributed by atoms with E-state index in [1.54, 1.807) is 12.1 Å². The summed E-state index contributed by atoms with van der Waals surface area (Å²) in [6, 6.07) is 22.9. The van der Waals surface area contributed by atoms with E-state index >= 15 is 0 Å². The number of anilines is 2. The fourth-order valence-corrected chi connectivity index (χ4v) is 3.82. The molecule has 2 N–H and O–H groups in total. The van der Waals surface area contributed by atoms with Gasteiger partial charge in [-0.2, -0.15) is 0 Å². The van der Waals surface area contributed by atoms with Crippen molar-refractivity contribution in [1.29, 1.82) is 0 Å². The van der Waals surface area contributed by atoms with Crippen molar-refractivity contribution in [2.24, 2.45) is 0 Å². The van der Waals surface area contributed by atoms with Crippen molar-refractivity contribution in [1.82, 2.24) is 0 Å². The molecule has 0 aliphatic carbocycles. The Balaban J connectivity index is 1.57. The summed E-state index contributed by atoms with van der Waals surface area (Å²) in [6.07, 6.45) is 0. The second-order valence-corrected chi connectivity index (χ2v) is 8.03. The van der Waals surface area contributed by atoms with Gasteiger partial charge >= 0.3 is 0 Å². The number of thiocarbonyl (C=S) groups is 1. The van der Waals surface area contributed by atoms with Crippen LogP contribution in [0.25, 0.3) is 0 Å². The summed E-state index contributed by atoms with van der Waals surface area (Å²) in [6.45, 7) is 2.04. The van der Waals surface area contributed by atoms with Gasteiger partial charge in [0.25, 0.3) is 0 Å². The Hall–Kier alpha value is -2.34. The van der Waals surface area contributed by atoms with Crippen LogP contribution >= 0.6 is 35.6 Å². The van der Waals surface area contributed by atoms with Crippen LogP contribution in [-0.4, -0.2) is 16.6 Å². The largest absolute Gasteiger partial charge is 0.332 e. The van der Waals surface area contributed by atoms with Gasteiger partial charge in [-0.25, -0.2) is 0 Å². The lowest BCUT2D eigenvalue weighted by Crippen LogP contribution is -2.18. The van der Waals surface area contributed by atoms with E-state index in [9.17, 15) is 4.79 Å². The molecule has 142 valence electrons. The van der Waals surface area contributed by atoms with Gasteiger partial charge in [-0.15, -0.1) is 11.8 Å².